The third-order valence-electron chi connectivity index (χ3n) is 2.44. The zero-order valence-corrected chi connectivity index (χ0v) is 13.0. The van der Waals surface area contributed by atoms with Crippen LogP contribution in [0.3, 0.4) is 0 Å². The fourth-order valence-corrected chi connectivity index (χ4v) is 3.07. The zero-order valence-electron chi connectivity index (χ0n) is 9.86. The topological polar surface area (TPSA) is 25.8 Å². The molecule has 0 radical (unpaired) electrons. The predicted molar refractivity (Wildman–Crippen MR) is 80.4 cm³/mol. The van der Waals surface area contributed by atoms with Gasteiger partial charge >= 0.3 is 0 Å². The van der Waals surface area contributed by atoms with Crippen LogP contribution in [0.25, 0.3) is 0 Å². The van der Waals surface area contributed by atoms with Crippen molar-refractivity contribution in [2.24, 2.45) is 0 Å². The van der Waals surface area contributed by atoms with Gasteiger partial charge in [-0.3, -0.25) is 0 Å². The van der Waals surface area contributed by atoms with Gasteiger partial charge in [-0.25, -0.2) is 9.97 Å². The third kappa shape index (κ3) is 3.70. The van der Waals surface area contributed by atoms with E-state index < -0.39 is 0 Å². The summed E-state index contributed by atoms with van der Waals surface area (Å²) in [5.41, 5.74) is 2.16. The first kappa shape index (κ1) is 13.8. The number of thioether (sulfide) groups is 1. The van der Waals surface area contributed by atoms with Crippen LogP contribution in [0.5, 0.6) is 0 Å². The Kier molecular flexibility index (Phi) is 5.03. The van der Waals surface area contributed by atoms with Gasteiger partial charge in [-0.15, -0.1) is 11.8 Å². The van der Waals surface area contributed by atoms with Crippen LogP contribution in [0.2, 0.25) is 5.02 Å². The average Bonchev–Trinajstić information content (AvgIpc) is 2.37. The molecule has 0 bridgehead atoms. The molecule has 1 aromatic heterocycles. The standard InChI is InChI=1S/C13H12BrClN2S/c1-9-10(6-14)7-16-13(17-9)8-18-12-4-2-3-11(15)5-12/h2-5,7H,6,8H2,1H3. The number of aryl methyl sites for hydroxylation is 1. The second-order valence-corrected chi connectivity index (χ2v) is 5.82. The molecule has 94 valence electrons. The maximum Gasteiger partial charge on any atom is 0.138 e. The second-order valence-electron chi connectivity index (χ2n) is 3.78. The van der Waals surface area contributed by atoms with Gasteiger partial charge in [-0.05, 0) is 25.1 Å². The number of aromatic nitrogens is 2. The number of alkyl halides is 1. The summed E-state index contributed by atoms with van der Waals surface area (Å²) >= 11 is 11.0. The van der Waals surface area contributed by atoms with Crippen molar-refractivity contribution in [3.05, 3.63) is 52.6 Å². The van der Waals surface area contributed by atoms with Crippen molar-refractivity contribution in [1.82, 2.24) is 9.97 Å². The molecule has 0 saturated heterocycles. The predicted octanol–water partition coefficient (Wildman–Crippen LogP) is 4.63. The lowest BCUT2D eigenvalue weighted by molar-refractivity contribution is 0.969. The van der Waals surface area contributed by atoms with Crippen molar-refractivity contribution in [2.45, 2.75) is 22.9 Å². The summed E-state index contributed by atoms with van der Waals surface area (Å²) in [6.07, 6.45) is 1.88. The summed E-state index contributed by atoms with van der Waals surface area (Å²) in [5, 5.41) is 1.55. The van der Waals surface area contributed by atoms with Crippen LogP contribution in [0.15, 0.2) is 35.4 Å². The van der Waals surface area contributed by atoms with Gasteiger partial charge < -0.3 is 0 Å². The number of benzene rings is 1. The second kappa shape index (κ2) is 6.55. The van der Waals surface area contributed by atoms with Crippen LogP contribution in [-0.2, 0) is 11.1 Å². The summed E-state index contributed by atoms with van der Waals surface area (Å²) in [5.74, 6) is 1.60. The first-order valence-electron chi connectivity index (χ1n) is 5.45. The molecule has 0 atom stereocenters. The highest BCUT2D eigenvalue weighted by Crippen LogP contribution is 2.24. The van der Waals surface area contributed by atoms with Gasteiger partial charge in [0, 0.05) is 32.7 Å². The van der Waals surface area contributed by atoms with E-state index in [0.717, 1.165) is 38.1 Å². The number of rotatable bonds is 4. The van der Waals surface area contributed by atoms with Crippen molar-refractivity contribution in [2.75, 3.05) is 0 Å². The van der Waals surface area contributed by atoms with Gasteiger partial charge in [0.05, 0.1) is 5.75 Å². The van der Waals surface area contributed by atoms with Crippen molar-refractivity contribution in [1.29, 1.82) is 0 Å². The van der Waals surface area contributed by atoms with E-state index in [2.05, 4.69) is 25.9 Å². The lowest BCUT2D eigenvalue weighted by Gasteiger charge is -2.05. The maximum absolute atomic E-state index is 5.94. The molecule has 0 saturated carbocycles. The minimum atomic E-state index is 0.754. The fourth-order valence-electron chi connectivity index (χ4n) is 1.45. The van der Waals surface area contributed by atoms with Crippen molar-refractivity contribution < 1.29 is 0 Å². The minimum Gasteiger partial charge on any atom is -0.240 e. The van der Waals surface area contributed by atoms with E-state index in [1.54, 1.807) is 11.8 Å². The molecule has 5 heteroatoms. The number of hydrogen-bond acceptors (Lipinski definition) is 3. The summed E-state index contributed by atoms with van der Waals surface area (Å²) in [6.45, 7) is 2.01. The Labute approximate surface area is 124 Å². The Balaban J connectivity index is 2.04. The molecule has 0 amide bonds. The van der Waals surface area contributed by atoms with Crippen LogP contribution in [0.4, 0.5) is 0 Å². The highest BCUT2D eigenvalue weighted by molar-refractivity contribution is 9.08. The van der Waals surface area contributed by atoms with Gasteiger partial charge in [0.25, 0.3) is 0 Å². The Morgan fingerprint density at radius 1 is 1.39 bits per heavy atom. The molecule has 2 aromatic rings. The van der Waals surface area contributed by atoms with Crippen LogP contribution < -0.4 is 0 Å². The molecular formula is C13H12BrClN2S. The minimum absolute atomic E-state index is 0.754. The SMILES string of the molecule is Cc1nc(CSc2cccc(Cl)c2)ncc1CBr. The fraction of sp³-hybridized carbons (Fsp3) is 0.231. The van der Waals surface area contributed by atoms with E-state index in [4.69, 9.17) is 11.6 Å². The number of halogens is 2. The van der Waals surface area contributed by atoms with Crippen LogP contribution in [0.1, 0.15) is 17.1 Å². The van der Waals surface area contributed by atoms with Gasteiger partial charge in [-0.1, -0.05) is 33.6 Å². The van der Waals surface area contributed by atoms with E-state index in [1.807, 2.05) is 37.4 Å². The highest BCUT2D eigenvalue weighted by atomic mass is 79.9. The molecular weight excluding hydrogens is 332 g/mol. The molecule has 1 heterocycles. The molecule has 0 fully saturated rings. The van der Waals surface area contributed by atoms with E-state index in [-0.39, 0.29) is 0 Å². The highest BCUT2D eigenvalue weighted by Gasteiger charge is 2.03. The Hall–Kier alpha value is -0.580. The van der Waals surface area contributed by atoms with Gasteiger partial charge in [0.2, 0.25) is 0 Å². The summed E-state index contributed by atoms with van der Waals surface area (Å²) in [6, 6.07) is 7.81. The van der Waals surface area contributed by atoms with Gasteiger partial charge in [0.1, 0.15) is 5.82 Å². The smallest absolute Gasteiger partial charge is 0.138 e. The first-order valence-corrected chi connectivity index (χ1v) is 7.93. The van der Waals surface area contributed by atoms with E-state index in [9.17, 15) is 0 Å². The van der Waals surface area contributed by atoms with Gasteiger partial charge in [-0.2, -0.15) is 0 Å². The molecule has 2 rings (SSSR count). The molecule has 0 aliphatic rings. The van der Waals surface area contributed by atoms with Crippen molar-refractivity contribution in [3.8, 4) is 0 Å². The molecule has 2 nitrogen and oxygen atoms in total. The Bertz CT molecular complexity index is 548. The summed E-state index contributed by atoms with van der Waals surface area (Å²) < 4.78 is 0. The van der Waals surface area contributed by atoms with E-state index in [0.29, 0.717) is 0 Å². The average molecular weight is 344 g/mol. The van der Waals surface area contributed by atoms with Gasteiger partial charge in [0.15, 0.2) is 0 Å². The van der Waals surface area contributed by atoms with Crippen molar-refractivity contribution >= 4 is 39.3 Å². The molecule has 0 N–H and O–H groups in total. The first-order chi connectivity index (χ1) is 8.69. The Morgan fingerprint density at radius 2 is 2.22 bits per heavy atom. The van der Waals surface area contributed by atoms with E-state index in [1.165, 1.54) is 0 Å². The summed E-state index contributed by atoms with van der Waals surface area (Å²) in [7, 11) is 0. The summed E-state index contributed by atoms with van der Waals surface area (Å²) in [4.78, 5) is 9.97. The van der Waals surface area contributed by atoms with Crippen LogP contribution >= 0.6 is 39.3 Å². The number of hydrogen-bond donors (Lipinski definition) is 0. The molecule has 18 heavy (non-hydrogen) atoms. The van der Waals surface area contributed by atoms with Crippen LogP contribution in [0, 0.1) is 6.92 Å². The molecule has 0 spiro atoms. The van der Waals surface area contributed by atoms with Crippen LogP contribution in [-0.4, -0.2) is 9.97 Å². The third-order valence-corrected chi connectivity index (χ3v) is 4.27. The number of nitrogens with zero attached hydrogens (tertiary/aromatic N) is 2. The Morgan fingerprint density at radius 3 is 2.89 bits per heavy atom. The van der Waals surface area contributed by atoms with E-state index >= 15 is 0 Å². The zero-order chi connectivity index (χ0) is 13.0. The molecule has 0 aliphatic carbocycles. The maximum atomic E-state index is 5.94. The molecule has 0 aliphatic heterocycles. The normalized spacial score (nSPS) is 10.6. The monoisotopic (exact) mass is 342 g/mol. The van der Waals surface area contributed by atoms with Crippen molar-refractivity contribution in [3.63, 3.8) is 0 Å². The lowest BCUT2D eigenvalue weighted by Crippen LogP contribution is -1.98. The largest absolute Gasteiger partial charge is 0.240 e. The molecule has 0 unspecified atom stereocenters. The quantitative estimate of drug-likeness (QED) is 0.598. The lowest BCUT2D eigenvalue weighted by atomic mass is 10.3. The molecule has 1 aromatic carbocycles.